The average Bonchev–Trinajstić information content (AvgIpc) is 2.74. The van der Waals surface area contributed by atoms with Gasteiger partial charge in [0.2, 0.25) is 0 Å². The highest BCUT2D eigenvalue weighted by Gasteiger charge is 2.15. The maximum absolute atomic E-state index is 14.1. The van der Waals surface area contributed by atoms with Crippen LogP contribution in [0.15, 0.2) is 78.9 Å². The van der Waals surface area contributed by atoms with Gasteiger partial charge in [-0.2, -0.15) is 5.26 Å². The first kappa shape index (κ1) is 17.5. The highest BCUT2D eigenvalue weighted by molar-refractivity contribution is 5.71. The fourth-order valence-electron chi connectivity index (χ4n) is 2.90. The van der Waals surface area contributed by atoms with Crippen molar-refractivity contribution in [1.29, 1.82) is 5.26 Å². The molecule has 0 saturated heterocycles. The lowest BCUT2D eigenvalue weighted by Crippen LogP contribution is -1.98. The van der Waals surface area contributed by atoms with Gasteiger partial charge in [-0.1, -0.05) is 60.7 Å². The third-order valence-electron chi connectivity index (χ3n) is 4.28. The Bertz CT molecular complexity index is 1100. The molecule has 5 heteroatoms. The van der Waals surface area contributed by atoms with Crippen LogP contribution in [0.5, 0.6) is 0 Å². The summed E-state index contributed by atoms with van der Waals surface area (Å²) in [6.45, 7) is 0. The first-order chi connectivity index (χ1) is 13.7. The number of halogens is 2. The smallest absolute Gasteiger partial charge is 0.160 e. The summed E-state index contributed by atoms with van der Waals surface area (Å²) in [6.07, 6.45) is 0. The zero-order chi connectivity index (χ0) is 19.5. The minimum Gasteiger partial charge on any atom is -0.228 e. The van der Waals surface area contributed by atoms with Gasteiger partial charge in [-0.05, 0) is 18.2 Å². The monoisotopic (exact) mass is 369 g/mol. The molecule has 0 aliphatic rings. The summed E-state index contributed by atoms with van der Waals surface area (Å²) in [6, 6.07) is 24.5. The molecule has 0 aliphatic carbocycles. The molecule has 134 valence electrons. The molecule has 4 rings (SSSR count). The predicted octanol–water partition coefficient (Wildman–Crippen LogP) is 5.63. The number of nitrogens with zero attached hydrogens (tertiary/aromatic N) is 3. The van der Waals surface area contributed by atoms with Gasteiger partial charge in [0.05, 0.1) is 11.4 Å². The molecule has 3 nitrogen and oxygen atoms in total. The first-order valence-corrected chi connectivity index (χ1v) is 8.55. The Kier molecular flexibility index (Phi) is 4.61. The number of hydrogen-bond acceptors (Lipinski definition) is 3. The second kappa shape index (κ2) is 7.37. The molecule has 0 amide bonds. The van der Waals surface area contributed by atoms with Crippen LogP contribution >= 0.6 is 0 Å². The summed E-state index contributed by atoms with van der Waals surface area (Å²) in [4.78, 5) is 9.02. The van der Waals surface area contributed by atoms with Crippen molar-refractivity contribution in [3.8, 4) is 40.0 Å². The van der Waals surface area contributed by atoms with E-state index in [0.29, 0.717) is 11.4 Å². The van der Waals surface area contributed by atoms with E-state index in [2.05, 4.69) is 9.97 Å². The molecular weight excluding hydrogens is 356 g/mol. The molecule has 0 atom stereocenters. The highest BCUT2D eigenvalue weighted by atomic mass is 19.1. The van der Waals surface area contributed by atoms with Crippen LogP contribution in [-0.2, 0) is 0 Å². The van der Waals surface area contributed by atoms with E-state index in [1.807, 2.05) is 66.7 Å². The van der Waals surface area contributed by atoms with Gasteiger partial charge in [0.1, 0.15) is 23.3 Å². The van der Waals surface area contributed by atoms with Gasteiger partial charge in [-0.25, -0.2) is 18.7 Å². The van der Waals surface area contributed by atoms with Gasteiger partial charge < -0.3 is 0 Å². The van der Waals surface area contributed by atoms with Crippen LogP contribution < -0.4 is 0 Å². The van der Waals surface area contributed by atoms with E-state index in [1.54, 1.807) is 0 Å². The predicted molar refractivity (Wildman–Crippen MR) is 103 cm³/mol. The van der Waals surface area contributed by atoms with Crippen molar-refractivity contribution < 1.29 is 8.78 Å². The topological polar surface area (TPSA) is 49.6 Å². The van der Waals surface area contributed by atoms with Crippen molar-refractivity contribution in [3.05, 3.63) is 96.1 Å². The van der Waals surface area contributed by atoms with Gasteiger partial charge in [-0.3, -0.25) is 0 Å². The lowest BCUT2D eigenvalue weighted by molar-refractivity contribution is 0.577. The van der Waals surface area contributed by atoms with E-state index in [-0.39, 0.29) is 11.4 Å². The normalized spacial score (nSPS) is 10.5. The molecule has 0 radical (unpaired) electrons. The first-order valence-electron chi connectivity index (χ1n) is 8.55. The van der Waals surface area contributed by atoms with Gasteiger partial charge in [0.15, 0.2) is 5.82 Å². The number of benzene rings is 3. The molecule has 1 heterocycles. The summed E-state index contributed by atoms with van der Waals surface area (Å²) in [5, 5.41) is 8.89. The molecule has 28 heavy (non-hydrogen) atoms. The number of rotatable bonds is 3. The number of hydrogen-bond donors (Lipinski definition) is 0. The standard InChI is InChI=1S/C23H13F2N3/c24-19-11-17(12-20(25)18(19)14-26)23-27-21(15-7-3-1-4-8-15)13-22(28-23)16-9-5-2-6-10-16/h1-13H. The van der Waals surface area contributed by atoms with Crippen LogP contribution in [-0.4, -0.2) is 9.97 Å². The number of nitriles is 1. The fourth-order valence-corrected chi connectivity index (χ4v) is 2.90. The minimum atomic E-state index is -0.938. The molecule has 0 spiro atoms. The molecule has 0 saturated carbocycles. The number of aromatic nitrogens is 2. The van der Waals surface area contributed by atoms with Gasteiger partial charge >= 0.3 is 0 Å². The second-order valence-electron chi connectivity index (χ2n) is 6.12. The molecule has 0 bridgehead atoms. The molecule has 3 aromatic carbocycles. The van der Waals surface area contributed by atoms with E-state index in [0.717, 1.165) is 23.3 Å². The van der Waals surface area contributed by atoms with Gasteiger partial charge in [0.25, 0.3) is 0 Å². The maximum atomic E-state index is 14.1. The van der Waals surface area contributed by atoms with Gasteiger partial charge in [0, 0.05) is 16.7 Å². The van der Waals surface area contributed by atoms with Crippen LogP contribution in [0.4, 0.5) is 8.78 Å². The Morgan fingerprint density at radius 3 is 1.54 bits per heavy atom. The van der Waals surface area contributed by atoms with Crippen LogP contribution in [0.3, 0.4) is 0 Å². The van der Waals surface area contributed by atoms with Crippen LogP contribution in [0.2, 0.25) is 0 Å². The van der Waals surface area contributed by atoms with Gasteiger partial charge in [-0.15, -0.1) is 0 Å². The Balaban J connectivity index is 1.94. The Hall–Kier alpha value is -3.91. The lowest BCUT2D eigenvalue weighted by Gasteiger charge is -2.10. The summed E-state index contributed by atoms with van der Waals surface area (Å²) in [7, 11) is 0. The average molecular weight is 369 g/mol. The summed E-state index contributed by atoms with van der Waals surface area (Å²) >= 11 is 0. The third kappa shape index (κ3) is 3.36. The second-order valence-corrected chi connectivity index (χ2v) is 6.12. The summed E-state index contributed by atoms with van der Waals surface area (Å²) in [5.74, 6) is -1.69. The molecule has 0 unspecified atom stereocenters. The highest BCUT2D eigenvalue weighted by Crippen LogP contribution is 2.28. The van der Waals surface area contributed by atoms with Crippen molar-refractivity contribution in [2.45, 2.75) is 0 Å². The minimum absolute atomic E-state index is 0.170. The van der Waals surface area contributed by atoms with Crippen molar-refractivity contribution in [1.82, 2.24) is 9.97 Å². The van der Waals surface area contributed by atoms with Crippen LogP contribution in [0.1, 0.15) is 5.56 Å². The SMILES string of the molecule is N#Cc1c(F)cc(-c2nc(-c3ccccc3)cc(-c3ccccc3)n2)cc1F. The quantitative estimate of drug-likeness (QED) is 0.470. The largest absolute Gasteiger partial charge is 0.228 e. The van der Waals surface area contributed by atoms with Crippen LogP contribution in [0.25, 0.3) is 33.9 Å². The van der Waals surface area contributed by atoms with E-state index >= 15 is 0 Å². The van der Waals surface area contributed by atoms with Crippen molar-refractivity contribution in [3.63, 3.8) is 0 Å². The maximum Gasteiger partial charge on any atom is 0.160 e. The lowest BCUT2D eigenvalue weighted by atomic mass is 10.1. The zero-order valence-corrected chi connectivity index (χ0v) is 14.6. The molecule has 4 aromatic rings. The third-order valence-corrected chi connectivity index (χ3v) is 4.28. The molecule has 0 fully saturated rings. The molecule has 0 N–H and O–H groups in total. The summed E-state index contributed by atoms with van der Waals surface area (Å²) in [5.41, 5.74) is 2.54. The van der Waals surface area contributed by atoms with E-state index < -0.39 is 17.2 Å². The fraction of sp³-hybridized carbons (Fsp3) is 0. The molecule has 1 aromatic heterocycles. The van der Waals surface area contributed by atoms with E-state index in [1.165, 1.54) is 6.07 Å². The summed E-state index contributed by atoms with van der Waals surface area (Å²) < 4.78 is 28.3. The van der Waals surface area contributed by atoms with Crippen LogP contribution in [0, 0.1) is 23.0 Å². The van der Waals surface area contributed by atoms with Crippen molar-refractivity contribution >= 4 is 0 Å². The van der Waals surface area contributed by atoms with Crippen molar-refractivity contribution in [2.24, 2.45) is 0 Å². The Labute approximate surface area is 160 Å². The van der Waals surface area contributed by atoms with E-state index in [9.17, 15) is 8.78 Å². The Morgan fingerprint density at radius 2 is 1.11 bits per heavy atom. The zero-order valence-electron chi connectivity index (χ0n) is 14.6. The van der Waals surface area contributed by atoms with E-state index in [4.69, 9.17) is 5.26 Å². The molecule has 0 aliphatic heterocycles. The Morgan fingerprint density at radius 1 is 0.643 bits per heavy atom. The van der Waals surface area contributed by atoms with Crippen molar-refractivity contribution in [2.75, 3.05) is 0 Å². The molecular formula is C23H13F2N3.